The molecule has 0 amide bonds. The molecule has 0 saturated carbocycles. The maximum absolute atomic E-state index is 5.99. The molecule has 19 heavy (non-hydrogen) atoms. The van der Waals surface area contributed by atoms with Gasteiger partial charge in [-0.2, -0.15) is 0 Å². The fourth-order valence-corrected chi connectivity index (χ4v) is 3.24. The molecular formula is C13H19N5S. The van der Waals surface area contributed by atoms with Crippen LogP contribution in [0, 0.1) is 0 Å². The van der Waals surface area contributed by atoms with E-state index in [-0.39, 0.29) is 0 Å². The summed E-state index contributed by atoms with van der Waals surface area (Å²) in [5.41, 5.74) is 5.99. The van der Waals surface area contributed by atoms with Crippen molar-refractivity contribution in [3.63, 3.8) is 0 Å². The van der Waals surface area contributed by atoms with Gasteiger partial charge >= 0.3 is 0 Å². The summed E-state index contributed by atoms with van der Waals surface area (Å²) in [6, 6.07) is 1.99. The van der Waals surface area contributed by atoms with Gasteiger partial charge in [-0.3, -0.25) is 4.90 Å². The third-order valence-corrected chi connectivity index (χ3v) is 4.38. The molecule has 0 aromatic carbocycles. The van der Waals surface area contributed by atoms with E-state index in [0.717, 1.165) is 42.2 Å². The van der Waals surface area contributed by atoms with Crippen LogP contribution >= 0.6 is 11.3 Å². The molecule has 102 valence electrons. The molecule has 3 heterocycles. The lowest BCUT2D eigenvalue weighted by Gasteiger charge is -2.19. The van der Waals surface area contributed by atoms with Gasteiger partial charge in [0.05, 0.1) is 11.9 Å². The predicted molar refractivity (Wildman–Crippen MR) is 79.2 cm³/mol. The normalized spacial score (nSPS) is 18.8. The maximum atomic E-state index is 5.99. The smallest absolute Gasteiger partial charge is 0.146 e. The molecule has 2 aromatic rings. The highest BCUT2D eigenvalue weighted by Crippen LogP contribution is 2.23. The first-order valence-electron chi connectivity index (χ1n) is 6.63. The van der Waals surface area contributed by atoms with E-state index in [1.54, 1.807) is 11.3 Å². The molecule has 1 saturated heterocycles. The maximum Gasteiger partial charge on any atom is 0.146 e. The molecule has 1 fully saturated rings. The molecule has 0 bridgehead atoms. The Morgan fingerprint density at radius 1 is 1.26 bits per heavy atom. The number of hydrogen-bond acceptors (Lipinski definition) is 6. The Balaban J connectivity index is 1.77. The van der Waals surface area contributed by atoms with Crippen molar-refractivity contribution in [3.8, 4) is 0 Å². The van der Waals surface area contributed by atoms with Crippen LogP contribution < -0.4 is 5.73 Å². The van der Waals surface area contributed by atoms with Crippen LogP contribution in [0.1, 0.15) is 12.2 Å². The molecule has 0 radical (unpaired) electrons. The summed E-state index contributed by atoms with van der Waals surface area (Å²) in [7, 11) is 2.18. The van der Waals surface area contributed by atoms with E-state index in [1.165, 1.54) is 13.0 Å². The van der Waals surface area contributed by atoms with Crippen LogP contribution in [0.3, 0.4) is 0 Å². The fourth-order valence-electron chi connectivity index (χ4n) is 2.45. The molecule has 6 heteroatoms. The Labute approximate surface area is 117 Å². The minimum atomic E-state index is 0.605. The first kappa shape index (κ1) is 12.8. The number of fused-ring (bicyclic) bond motifs is 1. The Morgan fingerprint density at radius 2 is 2.16 bits per heavy atom. The summed E-state index contributed by atoms with van der Waals surface area (Å²) in [4.78, 5) is 14.8. The first-order chi connectivity index (χ1) is 9.22. The number of rotatable bonds is 2. The number of anilines is 1. The highest BCUT2D eigenvalue weighted by molar-refractivity contribution is 7.16. The van der Waals surface area contributed by atoms with E-state index in [1.807, 2.05) is 11.4 Å². The third kappa shape index (κ3) is 2.86. The predicted octanol–water partition coefficient (Wildman–Crippen LogP) is 1.41. The third-order valence-electron chi connectivity index (χ3n) is 3.58. The number of nitrogens with two attached hydrogens (primary N) is 1. The summed E-state index contributed by atoms with van der Waals surface area (Å²) >= 11 is 1.62. The van der Waals surface area contributed by atoms with E-state index in [2.05, 4.69) is 26.8 Å². The lowest BCUT2D eigenvalue weighted by Crippen LogP contribution is -2.29. The van der Waals surface area contributed by atoms with Gasteiger partial charge in [0.1, 0.15) is 16.5 Å². The van der Waals surface area contributed by atoms with Gasteiger partial charge in [-0.15, -0.1) is 11.3 Å². The van der Waals surface area contributed by atoms with E-state index >= 15 is 0 Å². The Bertz CT molecular complexity index is 567. The molecule has 1 aliphatic rings. The number of thiophene rings is 1. The Hall–Kier alpha value is -1.24. The van der Waals surface area contributed by atoms with Gasteiger partial charge in [0.2, 0.25) is 0 Å². The average Bonchev–Trinajstić information content (AvgIpc) is 2.75. The summed E-state index contributed by atoms with van der Waals surface area (Å²) in [5.74, 6) is 1.45. The fraction of sp³-hybridized carbons (Fsp3) is 0.538. The van der Waals surface area contributed by atoms with Gasteiger partial charge in [0.25, 0.3) is 0 Å². The van der Waals surface area contributed by atoms with Crippen LogP contribution in [0.2, 0.25) is 0 Å². The van der Waals surface area contributed by atoms with Crippen LogP contribution in [0.15, 0.2) is 11.4 Å². The van der Waals surface area contributed by atoms with Crippen molar-refractivity contribution in [2.75, 3.05) is 39.0 Å². The van der Waals surface area contributed by atoms with E-state index in [4.69, 9.17) is 5.73 Å². The summed E-state index contributed by atoms with van der Waals surface area (Å²) in [5, 5.41) is 2.99. The van der Waals surface area contributed by atoms with E-state index < -0.39 is 0 Å². The second kappa shape index (κ2) is 5.40. The summed E-state index contributed by atoms with van der Waals surface area (Å²) in [6.45, 7) is 5.25. The molecule has 2 aromatic heterocycles. The Kier molecular flexibility index (Phi) is 3.63. The number of hydrogen-bond donors (Lipinski definition) is 1. The second-order valence-electron chi connectivity index (χ2n) is 5.10. The standard InChI is InChI=1S/C13H19N5S/c1-17-4-2-5-18(7-6-17)9-11-15-12(14)10-3-8-19-13(10)16-11/h3,8H,2,4-7,9H2,1H3,(H2,14,15,16). The molecule has 3 rings (SSSR count). The molecule has 1 aliphatic heterocycles. The van der Waals surface area contributed by atoms with Gasteiger partial charge < -0.3 is 10.6 Å². The average molecular weight is 277 g/mol. The van der Waals surface area contributed by atoms with Crippen LogP contribution in [-0.2, 0) is 6.54 Å². The largest absolute Gasteiger partial charge is 0.383 e. The van der Waals surface area contributed by atoms with Gasteiger partial charge in [0.15, 0.2) is 0 Å². The van der Waals surface area contributed by atoms with Gasteiger partial charge in [-0.1, -0.05) is 0 Å². The molecule has 5 nitrogen and oxygen atoms in total. The van der Waals surface area contributed by atoms with Crippen molar-refractivity contribution in [1.82, 2.24) is 19.8 Å². The highest BCUT2D eigenvalue weighted by Gasteiger charge is 2.14. The molecule has 0 spiro atoms. The lowest BCUT2D eigenvalue weighted by molar-refractivity contribution is 0.264. The van der Waals surface area contributed by atoms with Gasteiger partial charge in [-0.25, -0.2) is 9.97 Å². The lowest BCUT2D eigenvalue weighted by atomic mass is 10.3. The van der Waals surface area contributed by atoms with Crippen molar-refractivity contribution in [1.29, 1.82) is 0 Å². The quantitative estimate of drug-likeness (QED) is 0.899. The van der Waals surface area contributed by atoms with Crippen molar-refractivity contribution >= 4 is 27.4 Å². The van der Waals surface area contributed by atoms with E-state index in [9.17, 15) is 0 Å². The van der Waals surface area contributed by atoms with Crippen molar-refractivity contribution < 1.29 is 0 Å². The van der Waals surface area contributed by atoms with E-state index in [0.29, 0.717) is 5.82 Å². The molecule has 2 N–H and O–H groups in total. The number of likely N-dealkylation sites (N-methyl/N-ethyl adjacent to an activating group) is 1. The van der Waals surface area contributed by atoms with Gasteiger partial charge in [0, 0.05) is 13.1 Å². The van der Waals surface area contributed by atoms with Crippen molar-refractivity contribution in [3.05, 3.63) is 17.3 Å². The van der Waals surface area contributed by atoms with Gasteiger partial charge in [-0.05, 0) is 38.0 Å². The van der Waals surface area contributed by atoms with Crippen LogP contribution in [0.25, 0.3) is 10.2 Å². The zero-order valence-corrected chi connectivity index (χ0v) is 12.0. The molecule has 0 aliphatic carbocycles. The first-order valence-corrected chi connectivity index (χ1v) is 7.51. The molecular weight excluding hydrogens is 258 g/mol. The summed E-state index contributed by atoms with van der Waals surface area (Å²) < 4.78 is 0. The SMILES string of the molecule is CN1CCCN(Cc2nc(N)c3ccsc3n2)CC1. The second-order valence-corrected chi connectivity index (χ2v) is 5.99. The number of aromatic nitrogens is 2. The molecule has 0 unspecified atom stereocenters. The monoisotopic (exact) mass is 277 g/mol. The topological polar surface area (TPSA) is 58.3 Å². The van der Waals surface area contributed by atoms with Crippen LogP contribution in [-0.4, -0.2) is 53.0 Å². The van der Waals surface area contributed by atoms with Crippen molar-refractivity contribution in [2.24, 2.45) is 0 Å². The Morgan fingerprint density at radius 3 is 3.05 bits per heavy atom. The molecule has 0 atom stereocenters. The minimum Gasteiger partial charge on any atom is -0.383 e. The highest BCUT2D eigenvalue weighted by atomic mass is 32.1. The minimum absolute atomic E-state index is 0.605. The number of nitrogens with zero attached hydrogens (tertiary/aromatic N) is 4. The van der Waals surface area contributed by atoms with Crippen LogP contribution in [0.4, 0.5) is 5.82 Å². The van der Waals surface area contributed by atoms with Crippen molar-refractivity contribution in [2.45, 2.75) is 13.0 Å². The van der Waals surface area contributed by atoms with Crippen LogP contribution in [0.5, 0.6) is 0 Å². The zero-order valence-electron chi connectivity index (χ0n) is 11.2. The summed E-state index contributed by atoms with van der Waals surface area (Å²) in [6.07, 6.45) is 1.20. The zero-order chi connectivity index (χ0) is 13.2. The number of nitrogen functional groups attached to an aromatic ring is 1.